The van der Waals surface area contributed by atoms with Gasteiger partial charge in [-0.3, -0.25) is 4.68 Å². The maximum atomic E-state index is 5.42. The predicted octanol–water partition coefficient (Wildman–Crippen LogP) is 0.810. The predicted molar refractivity (Wildman–Crippen MR) is 57.9 cm³/mol. The molecule has 0 amide bonds. The monoisotopic (exact) mass is 196 g/mol. The summed E-state index contributed by atoms with van der Waals surface area (Å²) in [6.07, 6.45) is 4.05. The van der Waals surface area contributed by atoms with Crippen molar-refractivity contribution < 1.29 is 0 Å². The molecule has 1 aromatic rings. The first-order chi connectivity index (χ1) is 6.75. The summed E-state index contributed by atoms with van der Waals surface area (Å²) >= 11 is 0. The standard InChI is InChI=1S/C10H20N4/c1-9(12-7-4-3-6-11)10-5-8-13-14(10)2/h5,8-9,12H,3-4,6-7,11H2,1-2H3. The van der Waals surface area contributed by atoms with Gasteiger partial charge in [0.2, 0.25) is 0 Å². The Hall–Kier alpha value is -0.870. The van der Waals surface area contributed by atoms with Crippen LogP contribution in [0.4, 0.5) is 0 Å². The lowest BCUT2D eigenvalue weighted by atomic mass is 10.2. The largest absolute Gasteiger partial charge is 0.330 e. The van der Waals surface area contributed by atoms with E-state index in [1.807, 2.05) is 24.0 Å². The SMILES string of the molecule is CC(NCCCCN)c1ccnn1C. The normalized spacial score (nSPS) is 13.1. The van der Waals surface area contributed by atoms with E-state index in [9.17, 15) is 0 Å². The van der Waals surface area contributed by atoms with E-state index in [2.05, 4.69) is 17.3 Å². The zero-order valence-electron chi connectivity index (χ0n) is 9.03. The Morgan fingerprint density at radius 3 is 2.93 bits per heavy atom. The molecule has 14 heavy (non-hydrogen) atoms. The first-order valence-corrected chi connectivity index (χ1v) is 5.17. The minimum Gasteiger partial charge on any atom is -0.330 e. The molecule has 0 aliphatic carbocycles. The van der Waals surface area contributed by atoms with Gasteiger partial charge in [-0.05, 0) is 38.9 Å². The zero-order valence-corrected chi connectivity index (χ0v) is 9.03. The Labute approximate surface area is 85.5 Å². The minimum atomic E-state index is 0.361. The van der Waals surface area contributed by atoms with E-state index < -0.39 is 0 Å². The van der Waals surface area contributed by atoms with E-state index in [4.69, 9.17) is 5.73 Å². The van der Waals surface area contributed by atoms with E-state index >= 15 is 0 Å². The third-order valence-corrected chi connectivity index (χ3v) is 2.38. The highest BCUT2D eigenvalue weighted by atomic mass is 15.3. The van der Waals surface area contributed by atoms with E-state index in [-0.39, 0.29) is 0 Å². The molecule has 1 rings (SSSR count). The molecule has 0 bridgehead atoms. The molecule has 80 valence electrons. The van der Waals surface area contributed by atoms with Gasteiger partial charge in [-0.2, -0.15) is 5.10 Å². The first-order valence-electron chi connectivity index (χ1n) is 5.17. The van der Waals surface area contributed by atoms with Crippen molar-refractivity contribution in [3.63, 3.8) is 0 Å². The van der Waals surface area contributed by atoms with Crippen molar-refractivity contribution in [1.29, 1.82) is 0 Å². The Balaban J connectivity index is 2.28. The molecule has 0 spiro atoms. The Bertz CT molecular complexity index is 256. The fourth-order valence-electron chi connectivity index (χ4n) is 1.50. The van der Waals surface area contributed by atoms with Crippen LogP contribution in [-0.2, 0) is 7.05 Å². The van der Waals surface area contributed by atoms with E-state index in [0.29, 0.717) is 6.04 Å². The molecule has 0 radical (unpaired) electrons. The van der Waals surface area contributed by atoms with Gasteiger partial charge in [0.15, 0.2) is 0 Å². The van der Waals surface area contributed by atoms with Gasteiger partial charge in [-0.15, -0.1) is 0 Å². The summed E-state index contributed by atoms with van der Waals surface area (Å²) in [6, 6.07) is 2.40. The smallest absolute Gasteiger partial charge is 0.0547 e. The topological polar surface area (TPSA) is 55.9 Å². The van der Waals surface area contributed by atoms with Crippen molar-refractivity contribution in [2.75, 3.05) is 13.1 Å². The highest BCUT2D eigenvalue weighted by Gasteiger charge is 2.07. The third kappa shape index (κ3) is 3.12. The summed E-state index contributed by atoms with van der Waals surface area (Å²) in [5.41, 5.74) is 6.64. The molecule has 1 aromatic heterocycles. The Morgan fingerprint density at radius 2 is 2.36 bits per heavy atom. The van der Waals surface area contributed by atoms with Crippen LogP contribution >= 0.6 is 0 Å². The molecular formula is C10H20N4. The lowest BCUT2D eigenvalue weighted by molar-refractivity contribution is 0.515. The van der Waals surface area contributed by atoms with Gasteiger partial charge in [0.25, 0.3) is 0 Å². The fraction of sp³-hybridized carbons (Fsp3) is 0.700. The maximum absolute atomic E-state index is 5.42. The van der Waals surface area contributed by atoms with E-state index in [1.165, 1.54) is 5.69 Å². The van der Waals surface area contributed by atoms with Crippen LogP contribution < -0.4 is 11.1 Å². The molecular weight excluding hydrogens is 176 g/mol. The summed E-state index contributed by atoms with van der Waals surface area (Å²) in [7, 11) is 1.97. The van der Waals surface area contributed by atoms with Gasteiger partial charge < -0.3 is 11.1 Å². The Morgan fingerprint density at radius 1 is 1.57 bits per heavy atom. The number of aryl methyl sites for hydroxylation is 1. The summed E-state index contributed by atoms with van der Waals surface area (Å²) < 4.78 is 1.90. The number of rotatable bonds is 6. The number of hydrogen-bond acceptors (Lipinski definition) is 3. The first kappa shape index (κ1) is 11.2. The van der Waals surface area contributed by atoms with Crippen molar-refractivity contribution in [3.05, 3.63) is 18.0 Å². The van der Waals surface area contributed by atoms with Crippen molar-refractivity contribution in [2.45, 2.75) is 25.8 Å². The Kier molecular flexibility index (Phi) is 4.62. The lowest BCUT2D eigenvalue weighted by Crippen LogP contribution is -2.22. The average Bonchev–Trinajstić information content (AvgIpc) is 2.59. The molecule has 1 atom stereocenters. The van der Waals surface area contributed by atoms with Gasteiger partial charge in [0.1, 0.15) is 0 Å². The fourth-order valence-corrected chi connectivity index (χ4v) is 1.50. The van der Waals surface area contributed by atoms with Gasteiger partial charge in [-0.25, -0.2) is 0 Å². The molecule has 4 heteroatoms. The minimum absolute atomic E-state index is 0.361. The van der Waals surface area contributed by atoms with Crippen molar-refractivity contribution in [3.8, 4) is 0 Å². The maximum Gasteiger partial charge on any atom is 0.0547 e. The number of unbranched alkanes of at least 4 members (excludes halogenated alkanes) is 1. The second-order valence-electron chi connectivity index (χ2n) is 3.55. The molecule has 0 saturated carbocycles. The summed E-state index contributed by atoms with van der Waals surface area (Å²) in [5.74, 6) is 0. The van der Waals surface area contributed by atoms with Crippen LogP contribution in [0.1, 0.15) is 31.5 Å². The van der Waals surface area contributed by atoms with Gasteiger partial charge in [-0.1, -0.05) is 0 Å². The van der Waals surface area contributed by atoms with Crippen LogP contribution in [0, 0.1) is 0 Å². The number of nitrogens with zero attached hydrogens (tertiary/aromatic N) is 2. The van der Waals surface area contributed by atoms with Crippen LogP contribution in [0.15, 0.2) is 12.3 Å². The third-order valence-electron chi connectivity index (χ3n) is 2.38. The van der Waals surface area contributed by atoms with Crippen LogP contribution in [0.3, 0.4) is 0 Å². The van der Waals surface area contributed by atoms with Gasteiger partial charge >= 0.3 is 0 Å². The van der Waals surface area contributed by atoms with E-state index in [1.54, 1.807) is 0 Å². The lowest BCUT2D eigenvalue weighted by Gasteiger charge is -2.13. The summed E-state index contributed by atoms with van der Waals surface area (Å²) in [6.45, 7) is 3.95. The second-order valence-corrected chi connectivity index (χ2v) is 3.55. The van der Waals surface area contributed by atoms with Crippen molar-refractivity contribution in [2.24, 2.45) is 12.8 Å². The van der Waals surface area contributed by atoms with Crippen LogP contribution in [0.2, 0.25) is 0 Å². The molecule has 1 heterocycles. The molecule has 4 nitrogen and oxygen atoms in total. The van der Waals surface area contributed by atoms with E-state index in [0.717, 1.165) is 25.9 Å². The molecule has 1 unspecified atom stereocenters. The molecule has 0 saturated heterocycles. The van der Waals surface area contributed by atoms with Crippen LogP contribution in [-0.4, -0.2) is 22.9 Å². The van der Waals surface area contributed by atoms with Crippen molar-refractivity contribution >= 4 is 0 Å². The van der Waals surface area contributed by atoms with Gasteiger partial charge in [0, 0.05) is 19.3 Å². The summed E-state index contributed by atoms with van der Waals surface area (Å²) in [5, 5.41) is 7.58. The molecule has 0 aliphatic heterocycles. The average molecular weight is 196 g/mol. The summed E-state index contributed by atoms with van der Waals surface area (Å²) in [4.78, 5) is 0. The number of hydrogen-bond donors (Lipinski definition) is 2. The van der Waals surface area contributed by atoms with Crippen LogP contribution in [0.5, 0.6) is 0 Å². The highest BCUT2D eigenvalue weighted by molar-refractivity contribution is 5.04. The number of nitrogens with two attached hydrogens (primary N) is 1. The second kappa shape index (κ2) is 5.78. The van der Waals surface area contributed by atoms with Gasteiger partial charge in [0.05, 0.1) is 5.69 Å². The quantitative estimate of drug-likeness (QED) is 0.662. The molecule has 0 aliphatic rings. The van der Waals surface area contributed by atoms with Crippen molar-refractivity contribution in [1.82, 2.24) is 15.1 Å². The number of aromatic nitrogens is 2. The molecule has 3 N–H and O–H groups in total. The number of nitrogens with one attached hydrogen (secondary N) is 1. The highest BCUT2D eigenvalue weighted by Crippen LogP contribution is 2.09. The molecule has 0 fully saturated rings. The zero-order chi connectivity index (χ0) is 10.4. The molecule has 0 aromatic carbocycles. The van der Waals surface area contributed by atoms with Crippen LogP contribution in [0.25, 0.3) is 0 Å².